The Labute approximate surface area is 213 Å². The van der Waals surface area contributed by atoms with Gasteiger partial charge < -0.3 is 19.7 Å². The third-order valence-corrected chi connectivity index (χ3v) is 7.93. The van der Waals surface area contributed by atoms with Crippen molar-refractivity contribution in [3.8, 4) is 0 Å². The quantitative estimate of drug-likeness (QED) is 0.450. The minimum Gasteiger partial charge on any atom is -0.455 e. The van der Waals surface area contributed by atoms with E-state index in [1.165, 1.54) is 6.20 Å². The van der Waals surface area contributed by atoms with Crippen molar-refractivity contribution < 1.29 is 33.7 Å². The second kappa shape index (κ2) is 11.1. The summed E-state index contributed by atoms with van der Waals surface area (Å²) in [5.41, 5.74) is -1.73. The maximum atomic E-state index is 15.3. The molecule has 3 rings (SSSR count). The Morgan fingerprint density at radius 1 is 1.28 bits per heavy atom. The van der Waals surface area contributed by atoms with Gasteiger partial charge in [0.15, 0.2) is 11.9 Å². The number of Topliss-reactive ketones (excluding diaryl/α,β-unsaturated/α-hetero) is 1. The number of cyclic esters (lactones) is 1. The fraction of sp³-hybridized carbons (Fsp3) is 0.679. The molecule has 6 atom stereocenters. The summed E-state index contributed by atoms with van der Waals surface area (Å²) in [7, 11) is 0. The molecular formula is C28H40FNO6. The molecule has 0 aliphatic carbocycles. The average molecular weight is 506 g/mol. The van der Waals surface area contributed by atoms with E-state index in [1.54, 1.807) is 39.0 Å². The Balaban J connectivity index is 1.89. The van der Waals surface area contributed by atoms with Crippen LogP contribution < -0.4 is 0 Å². The zero-order valence-corrected chi connectivity index (χ0v) is 22.0. The van der Waals surface area contributed by atoms with Crippen molar-refractivity contribution in [2.24, 2.45) is 17.3 Å². The molecule has 7 nitrogen and oxygen atoms in total. The molecule has 2 fully saturated rings. The molecular weight excluding hydrogens is 465 g/mol. The molecule has 200 valence electrons. The van der Waals surface area contributed by atoms with Gasteiger partial charge in [0, 0.05) is 18.5 Å². The van der Waals surface area contributed by atoms with Crippen LogP contribution in [0.4, 0.5) is 4.39 Å². The summed E-state index contributed by atoms with van der Waals surface area (Å²) in [5, 5.41) is 22.0. The van der Waals surface area contributed by atoms with Gasteiger partial charge in [0.2, 0.25) is 0 Å². The molecule has 3 heterocycles. The smallest absolute Gasteiger partial charge is 0.309 e. The molecule has 8 heteroatoms. The van der Waals surface area contributed by atoms with Gasteiger partial charge in [-0.3, -0.25) is 14.6 Å². The van der Waals surface area contributed by atoms with Crippen LogP contribution in [0.3, 0.4) is 0 Å². The fourth-order valence-electron chi connectivity index (χ4n) is 5.15. The van der Waals surface area contributed by atoms with Gasteiger partial charge in [0.05, 0.1) is 23.6 Å². The van der Waals surface area contributed by atoms with Gasteiger partial charge in [-0.05, 0) is 50.3 Å². The SMILES string of the molecule is CC[C@@H]1C[C@@H](C)CCC[C@@]2(C)O[C@@]2(O)C[C@@H](C(F)=Cc2ccccn2)OC(=O)C[C@H](O)C(C)(C)C1=O. The van der Waals surface area contributed by atoms with Crippen molar-refractivity contribution in [2.75, 3.05) is 0 Å². The first-order valence-electron chi connectivity index (χ1n) is 12.9. The third kappa shape index (κ3) is 6.39. The van der Waals surface area contributed by atoms with Crippen molar-refractivity contribution in [1.29, 1.82) is 0 Å². The lowest BCUT2D eigenvalue weighted by Crippen LogP contribution is -2.43. The number of ketones is 1. The molecule has 0 bridgehead atoms. The molecule has 2 N–H and O–H groups in total. The normalized spacial score (nSPS) is 36.6. The summed E-state index contributed by atoms with van der Waals surface area (Å²) in [6.07, 6.45) is 2.62. The zero-order chi connectivity index (χ0) is 26.7. The number of carbonyl (C=O) groups excluding carboxylic acids is 2. The lowest BCUT2D eigenvalue weighted by molar-refractivity contribution is -0.156. The second-order valence-corrected chi connectivity index (χ2v) is 11.2. The van der Waals surface area contributed by atoms with Crippen molar-refractivity contribution >= 4 is 17.8 Å². The first-order valence-corrected chi connectivity index (χ1v) is 12.9. The number of aliphatic hydroxyl groups is 2. The summed E-state index contributed by atoms with van der Waals surface area (Å²) in [5.74, 6) is -3.38. The van der Waals surface area contributed by atoms with Crippen LogP contribution in [0.5, 0.6) is 0 Å². The number of fused-ring (bicyclic) bond motifs is 1. The molecule has 0 aromatic carbocycles. The number of ether oxygens (including phenoxy) is 2. The summed E-state index contributed by atoms with van der Waals surface area (Å²) in [6.45, 7) is 9.08. The molecule has 0 radical (unpaired) electrons. The Hall–Kier alpha value is -2.16. The van der Waals surface area contributed by atoms with Crippen LogP contribution in [-0.4, -0.2) is 50.5 Å². The summed E-state index contributed by atoms with van der Waals surface area (Å²) in [4.78, 5) is 30.2. The van der Waals surface area contributed by atoms with Gasteiger partial charge in [0.25, 0.3) is 0 Å². The number of epoxide rings is 1. The highest BCUT2D eigenvalue weighted by Gasteiger charge is 2.67. The van der Waals surface area contributed by atoms with Crippen LogP contribution in [0, 0.1) is 17.3 Å². The van der Waals surface area contributed by atoms with Crippen LogP contribution in [0.15, 0.2) is 30.2 Å². The van der Waals surface area contributed by atoms with E-state index in [9.17, 15) is 19.8 Å². The molecule has 0 spiro atoms. The molecule has 2 saturated heterocycles. The predicted molar refractivity (Wildman–Crippen MR) is 133 cm³/mol. The monoisotopic (exact) mass is 505 g/mol. The van der Waals surface area contributed by atoms with Gasteiger partial charge in [-0.25, -0.2) is 4.39 Å². The molecule has 0 amide bonds. The fourth-order valence-corrected chi connectivity index (χ4v) is 5.15. The number of rotatable bonds is 3. The first kappa shape index (κ1) is 28.4. The van der Waals surface area contributed by atoms with E-state index in [4.69, 9.17) is 9.47 Å². The minimum absolute atomic E-state index is 0.0890. The Kier molecular flexibility index (Phi) is 8.74. The Morgan fingerprint density at radius 3 is 2.64 bits per heavy atom. The number of aliphatic hydroxyl groups excluding tert-OH is 1. The van der Waals surface area contributed by atoms with Crippen molar-refractivity contribution in [3.63, 3.8) is 0 Å². The number of aromatic nitrogens is 1. The average Bonchev–Trinajstić information content (AvgIpc) is 3.35. The van der Waals surface area contributed by atoms with E-state index in [2.05, 4.69) is 11.9 Å². The molecule has 2 aliphatic heterocycles. The van der Waals surface area contributed by atoms with Crippen molar-refractivity contribution in [2.45, 2.75) is 103 Å². The van der Waals surface area contributed by atoms with Crippen LogP contribution in [-0.2, 0) is 19.1 Å². The van der Waals surface area contributed by atoms with E-state index < -0.39 is 47.2 Å². The Morgan fingerprint density at radius 2 is 2.00 bits per heavy atom. The Bertz CT molecular complexity index is 966. The molecule has 1 aromatic heterocycles. The van der Waals surface area contributed by atoms with Crippen molar-refractivity contribution in [1.82, 2.24) is 4.98 Å². The molecule has 0 saturated carbocycles. The molecule has 2 aliphatic rings. The van der Waals surface area contributed by atoms with Gasteiger partial charge >= 0.3 is 5.97 Å². The van der Waals surface area contributed by atoms with Gasteiger partial charge in [-0.15, -0.1) is 0 Å². The van der Waals surface area contributed by atoms with E-state index in [0.29, 0.717) is 25.0 Å². The number of nitrogens with zero attached hydrogens (tertiary/aromatic N) is 1. The largest absolute Gasteiger partial charge is 0.455 e. The number of pyridine rings is 1. The van der Waals surface area contributed by atoms with Crippen LogP contribution in [0.2, 0.25) is 0 Å². The lowest BCUT2D eigenvalue weighted by atomic mass is 9.72. The topological polar surface area (TPSA) is 109 Å². The van der Waals surface area contributed by atoms with Crippen LogP contribution in [0.1, 0.15) is 85.3 Å². The van der Waals surface area contributed by atoms with Crippen LogP contribution in [0.25, 0.3) is 6.08 Å². The van der Waals surface area contributed by atoms with Crippen LogP contribution >= 0.6 is 0 Å². The van der Waals surface area contributed by atoms with Crippen molar-refractivity contribution in [3.05, 3.63) is 35.9 Å². The van der Waals surface area contributed by atoms with E-state index in [0.717, 1.165) is 18.9 Å². The second-order valence-electron chi connectivity index (χ2n) is 11.2. The summed E-state index contributed by atoms with van der Waals surface area (Å²) in [6, 6.07) is 5.00. The molecule has 0 unspecified atom stereocenters. The van der Waals surface area contributed by atoms with Gasteiger partial charge in [-0.1, -0.05) is 46.6 Å². The van der Waals surface area contributed by atoms with E-state index >= 15 is 4.39 Å². The number of carbonyl (C=O) groups is 2. The highest BCUT2D eigenvalue weighted by molar-refractivity contribution is 5.87. The zero-order valence-electron chi connectivity index (χ0n) is 22.0. The predicted octanol–water partition coefficient (Wildman–Crippen LogP) is 4.75. The maximum absolute atomic E-state index is 15.3. The number of hydrogen-bond acceptors (Lipinski definition) is 7. The highest BCUT2D eigenvalue weighted by Crippen LogP contribution is 2.53. The minimum atomic E-state index is -1.65. The first-order chi connectivity index (χ1) is 16.8. The maximum Gasteiger partial charge on any atom is 0.309 e. The van der Waals surface area contributed by atoms with E-state index in [-0.39, 0.29) is 24.0 Å². The summed E-state index contributed by atoms with van der Waals surface area (Å²) >= 11 is 0. The number of esters is 1. The third-order valence-electron chi connectivity index (χ3n) is 7.93. The highest BCUT2D eigenvalue weighted by atomic mass is 19.1. The van der Waals surface area contributed by atoms with Gasteiger partial charge in [0.1, 0.15) is 17.2 Å². The summed E-state index contributed by atoms with van der Waals surface area (Å²) < 4.78 is 26.5. The number of hydrogen-bond donors (Lipinski definition) is 2. The van der Waals surface area contributed by atoms with E-state index in [1.807, 2.05) is 6.92 Å². The molecule has 1 aromatic rings. The standard InChI is InChI=1S/C28H40FNO6/c1-6-19-14-18(2)10-9-12-27(5)28(34,36-27)17-22(21(29)15-20-11-7-8-13-30-20)35-24(32)16-23(31)26(3,4)25(19)33/h7-8,11,13,15,18-19,22-23,31,34H,6,9-10,12,14,16-17H2,1-5H3/t18-,19+,22-,23-,27+,28-/m0/s1. The molecule has 36 heavy (non-hydrogen) atoms. The van der Waals surface area contributed by atoms with Gasteiger partial charge in [-0.2, -0.15) is 0 Å². The number of halogens is 1. The lowest BCUT2D eigenvalue weighted by Gasteiger charge is -2.33.